The van der Waals surface area contributed by atoms with Crippen LogP contribution in [0.3, 0.4) is 0 Å². The summed E-state index contributed by atoms with van der Waals surface area (Å²) in [4.78, 5) is 22.1. The van der Waals surface area contributed by atoms with Crippen LogP contribution in [0.5, 0.6) is 0 Å². The molecule has 1 aromatic rings. The van der Waals surface area contributed by atoms with Gasteiger partial charge in [0.15, 0.2) is 0 Å². The normalized spacial score (nSPS) is 11.9. The second-order valence-corrected chi connectivity index (χ2v) is 4.94. The monoisotopic (exact) mass is 281 g/mol. The Bertz CT molecular complexity index is 462. The first kappa shape index (κ1) is 16.1. The van der Waals surface area contributed by atoms with E-state index >= 15 is 0 Å². The largest absolute Gasteiger partial charge is 0.481 e. The Balaban J connectivity index is 2.24. The second-order valence-electron chi connectivity index (χ2n) is 4.94. The van der Waals surface area contributed by atoms with E-state index in [-0.39, 0.29) is 30.5 Å². The zero-order valence-corrected chi connectivity index (χ0v) is 11.6. The molecule has 0 spiro atoms. The Kier molecular flexibility index (Phi) is 6.70. The number of carboxylic acids is 1. The minimum absolute atomic E-state index is 0.0240. The predicted molar refractivity (Wildman–Crippen MR) is 73.8 cm³/mol. The Morgan fingerprint density at radius 3 is 2.65 bits per heavy atom. The molecule has 4 nitrogen and oxygen atoms in total. The summed E-state index contributed by atoms with van der Waals surface area (Å²) in [6.45, 7) is 2.43. The van der Waals surface area contributed by atoms with Crippen LogP contribution >= 0.6 is 0 Å². The van der Waals surface area contributed by atoms with Gasteiger partial charge in [-0.1, -0.05) is 25.1 Å². The molecule has 110 valence electrons. The Morgan fingerprint density at radius 1 is 1.30 bits per heavy atom. The zero-order chi connectivity index (χ0) is 15.0. The van der Waals surface area contributed by atoms with Gasteiger partial charge in [-0.2, -0.15) is 0 Å². The number of nitrogens with one attached hydrogen (secondary N) is 1. The summed E-state index contributed by atoms with van der Waals surface area (Å²) >= 11 is 0. The van der Waals surface area contributed by atoms with Gasteiger partial charge in [-0.25, -0.2) is 4.39 Å². The topological polar surface area (TPSA) is 66.4 Å². The van der Waals surface area contributed by atoms with Gasteiger partial charge in [-0.3, -0.25) is 9.59 Å². The third kappa shape index (κ3) is 6.31. The third-order valence-corrected chi connectivity index (χ3v) is 3.12. The molecule has 0 radical (unpaired) electrons. The van der Waals surface area contributed by atoms with E-state index in [9.17, 15) is 14.0 Å². The van der Waals surface area contributed by atoms with Crippen LogP contribution in [-0.4, -0.2) is 23.5 Å². The van der Waals surface area contributed by atoms with E-state index in [1.165, 1.54) is 6.07 Å². The summed E-state index contributed by atoms with van der Waals surface area (Å²) < 4.78 is 13.3. The van der Waals surface area contributed by atoms with Gasteiger partial charge < -0.3 is 10.4 Å². The quantitative estimate of drug-likeness (QED) is 0.768. The van der Waals surface area contributed by atoms with E-state index < -0.39 is 5.97 Å². The highest BCUT2D eigenvalue weighted by Gasteiger charge is 2.09. The first-order chi connectivity index (χ1) is 9.49. The summed E-state index contributed by atoms with van der Waals surface area (Å²) in [6.07, 6.45) is 1.48. The molecule has 1 unspecified atom stereocenters. The zero-order valence-electron chi connectivity index (χ0n) is 11.6. The van der Waals surface area contributed by atoms with Crippen molar-refractivity contribution in [1.82, 2.24) is 5.32 Å². The van der Waals surface area contributed by atoms with Crippen molar-refractivity contribution >= 4 is 11.9 Å². The summed E-state index contributed by atoms with van der Waals surface area (Å²) in [5, 5.41) is 11.3. The highest BCUT2D eigenvalue weighted by Crippen LogP contribution is 2.10. The lowest BCUT2D eigenvalue weighted by molar-refractivity contribution is -0.137. The molecule has 0 bridgehead atoms. The molecule has 0 aliphatic rings. The van der Waals surface area contributed by atoms with Crippen LogP contribution in [0, 0.1) is 11.7 Å². The summed E-state index contributed by atoms with van der Waals surface area (Å²) in [7, 11) is 0. The van der Waals surface area contributed by atoms with Gasteiger partial charge in [0.1, 0.15) is 5.82 Å². The van der Waals surface area contributed by atoms with E-state index in [2.05, 4.69) is 5.32 Å². The fourth-order valence-corrected chi connectivity index (χ4v) is 1.85. The molecular weight excluding hydrogens is 261 g/mol. The molecule has 1 aromatic carbocycles. The number of rotatable bonds is 8. The fraction of sp³-hybridized carbons (Fsp3) is 0.467. The third-order valence-electron chi connectivity index (χ3n) is 3.12. The highest BCUT2D eigenvalue weighted by atomic mass is 19.1. The van der Waals surface area contributed by atoms with Crippen molar-refractivity contribution in [2.45, 2.75) is 32.6 Å². The molecule has 0 saturated heterocycles. The number of hydrogen-bond donors (Lipinski definition) is 2. The van der Waals surface area contributed by atoms with Gasteiger partial charge in [0.25, 0.3) is 0 Å². The van der Waals surface area contributed by atoms with Gasteiger partial charge in [-0.05, 0) is 30.4 Å². The first-order valence-corrected chi connectivity index (χ1v) is 6.71. The number of hydrogen-bond acceptors (Lipinski definition) is 2. The second kappa shape index (κ2) is 8.30. The average molecular weight is 281 g/mol. The van der Waals surface area contributed by atoms with Crippen LogP contribution in [0.15, 0.2) is 24.3 Å². The van der Waals surface area contributed by atoms with Gasteiger partial charge in [-0.15, -0.1) is 0 Å². The van der Waals surface area contributed by atoms with Crippen LogP contribution in [0.25, 0.3) is 0 Å². The Morgan fingerprint density at radius 2 is 2.00 bits per heavy atom. The van der Waals surface area contributed by atoms with Crippen molar-refractivity contribution in [3.05, 3.63) is 35.6 Å². The van der Waals surface area contributed by atoms with Crippen molar-refractivity contribution < 1.29 is 19.1 Å². The molecule has 1 atom stereocenters. The minimum Gasteiger partial charge on any atom is -0.481 e. The molecule has 2 N–H and O–H groups in total. The van der Waals surface area contributed by atoms with Crippen molar-refractivity contribution in [3.63, 3.8) is 0 Å². The van der Waals surface area contributed by atoms with Gasteiger partial charge in [0, 0.05) is 13.0 Å². The number of halogens is 1. The predicted octanol–water partition coefficient (Wildman–Crippen LogP) is 2.38. The van der Waals surface area contributed by atoms with Crippen LogP contribution in [0.2, 0.25) is 0 Å². The number of amides is 1. The number of carbonyl (C=O) groups excluding carboxylic acids is 1. The molecule has 0 aliphatic heterocycles. The van der Waals surface area contributed by atoms with Crippen LogP contribution in [-0.2, 0) is 16.0 Å². The van der Waals surface area contributed by atoms with Gasteiger partial charge in [0.2, 0.25) is 5.91 Å². The average Bonchev–Trinajstić information content (AvgIpc) is 2.39. The van der Waals surface area contributed by atoms with Crippen LogP contribution < -0.4 is 5.32 Å². The molecule has 0 heterocycles. The van der Waals surface area contributed by atoms with E-state index in [0.717, 1.165) is 6.42 Å². The SMILES string of the molecule is CC(CCNC(=O)Cc1ccccc1F)CCC(=O)O. The van der Waals surface area contributed by atoms with Crippen molar-refractivity contribution in [1.29, 1.82) is 0 Å². The standard InChI is InChI=1S/C15H20FNO3/c1-11(6-7-15(19)20)8-9-17-14(18)10-12-4-2-3-5-13(12)16/h2-5,11H,6-10H2,1H3,(H,17,18)(H,19,20). The maximum Gasteiger partial charge on any atom is 0.303 e. The Labute approximate surface area is 118 Å². The highest BCUT2D eigenvalue weighted by molar-refractivity contribution is 5.78. The summed E-state index contributed by atoms with van der Waals surface area (Å²) in [5.41, 5.74) is 0.379. The number of carbonyl (C=O) groups is 2. The fourth-order valence-electron chi connectivity index (χ4n) is 1.85. The lowest BCUT2D eigenvalue weighted by Crippen LogP contribution is -2.27. The van der Waals surface area contributed by atoms with E-state index in [1.807, 2.05) is 6.92 Å². The maximum absolute atomic E-state index is 13.3. The molecule has 1 amide bonds. The van der Waals surface area contributed by atoms with Crippen molar-refractivity contribution in [2.24, 2.45) is 5.92 Å². The van der Waals surface area contributed by atoms with Crippen molar-refractivity contribution in [3.8, 4) is 0 Å². The number of aliphatic carboxylic acids is 1. The van der Waals surface area contributed by atoms with Crippen molar-refractivity contribution in [2.75, 3.05) is 6.54 Å². The lowest BCUT2D eigenvalue weighted by Gasteiger charge is -2.11. The summed E-state index contributed by atoms with van der Waals surface area (Å²) in [5.74, 6) is -1.17. The molecule has 0 saturated carbocycles. The van der Waals surface area contributed by atoms with E-state index in [1.54, 1.807) is 18.2 Å². The smallest absolute Gasteiger partial charge is 0.303 e. The molecule has 20 heavy (non-hydrogen) atoms. The van der Waals surface area contributed by atoms with E-state index in [0.29, 0.717) is 18.5 Å². The minimum atomic E-state index is -0.805. The maximum atomic E-state index is 13.3. The lowest BCUT2D eigenvalue weighted by atomic mass is 10.0. The number of carboxylic acid groups (broad SMARTS) is 1. The van der Waals surface area contributed by atoms with Crippen LogP contribution in [0.1, 0.15) is 31.7 Å². The summed E-state index contributed by atoms with van der Waals surface area (Å²) in [6, 6.07) is 6.20. The molecule has 0 fully saturated rings. The van der Waals surface area contributed by atoms with Gasteiger partial charge in [0.05, 0.1) is 6.42 Å². The van der Waals surface area contributed by atoms with E-state index in [4.69, 9.17) is 5.11 Å². The number of benzene rings is 1. The van der Waals surface area contributed by atoms with Gasteiger partial charge >= 0.3 is 5.97 Å². The van der Waals surface area contributed by atoms with Crippen LogP contribution in [0.4, 0.5) is 4.39 Å². The first-order valence-electron chi connectivity index (χ1n) is 6.71. The molecule has 0 aliphatic carbocycles. The molecule has 0 aromatic heterocycles. The molecule has 1 rings (SSSR count). The molecule has 5 heteroatoms. The molecular formula is C15H20FNO3. The Hall–Kier alpha value is -1.91.